The minimum Gasteiger partial charge on any atom is -0.456 e. The molecule has 0 spiro atoms. The minimum absolute atomic E-state index is 0.885. The van der Waals surface area contributed by atoms with Crippen LogP contribution in [-0.2, 0) is 0 Å². The molecule has 0 aliphatic rings. The number of hydrogen-bond acceptors (Lipinski definition) is 2. The Kier molecular flexibility index (Phi) is 6.53. The molecule has 234 valence electrons. The van der Waals surface area contributed by atoms with Crippen molar-refractivity contribution in [3.63, 3.8) is 0 Å². The maximum Gasteiger partial charge on any atom is 0.136 e. The zero-order chi connectivity index (χ0) is 33.0. The summed E-state index contributed by atoms with van der Waals surface area (Å²) in [7, 11) is 0. The maximum absolute atomic E-state index is 6.41. The van der Waals surface area contributed by atoms with E-state index in [1.54, 1.807) is 0 Å². The SMILES string of the molecule is c1cc(-c2cccc(N(c3ccc4oc5cc6ccccc6cc5c4c3)c3cccc4ccccc34)c2)cc(-c2cccc3ccccc23)c1. The Morgan fingerprint density at radius 2 is 0.900 bits per heavy atom. The van der Waals surface area contributed by atoms with E-state index >= 15 is 0 Å². The molecule has 0 N–H and O–H groups in total. The van der Waals surface area contributed by atoms with Gasteiger partial charge in [-0.1, -0.05) is 133 Å². The lowest BCUT2D eigenvalue weighted by Crippen LogP contribution is -2.10. The van der Waals surface area contributed by atoms with Crippen LogP contribution in [0.1, 0.15) is 0 Å². The van der Waals surface area contributed by atoms with Crippen LogP contribution in [0.25, 0.3) is 76.5 Å². The van der Waals surface area contributed by atoms with Gasteiger partial charge in [-0.25, -0.2) is 0 Å². The van der Waals surface area contributed by atoms with Gasteiger partial charge in [0.2, 0.25) is 0 Å². The van der Waals surface area contributed by atoms with Gasteiger partial charge in [-0.05, 0) is 104 Å². The van der Waals surface area contributed by atoms with Crippen molar-refractivity contribution >= 4 is 71.3 Å². The van der Waals surface area contributed by atoms with Gasteiger partial charge in [-0.15, -0.1) is 0 Å². The summed E-state index contributed by atoms with van der Waals surface area (Å²) in [6, 6.07) is 67.6. The summed E-state index contributed by atoms with van der Waals surface area (Å²) in [5, 5.41) is 9.52. The van der Waals surface area contributed by atoms with Gasteiger partial charge in [0.05, 0.1) is 5.69 Å². The first-order valence-corrected chi connectivity index (χ1v) is 17.1. The van der Waals surface area contributed by atoms with Gasteiger partial charge >= 0.3 is 0 Å². The summed E-state index contributed by atoms with van der Waals surface area (Å²) in [6.45, 7) is 0. The van der Waals surface area contributed by atoms with Crippen molar-refractivity contribution in [2.45, 2.75) is 0 Å². The number of fused-ring (bicyclic) bond motifs is 6. The Bertz CT molecular complexity index is 2890. The average Bonchev–Trinajstić information content (AvgIpc) is 3.54. The first-order valence-electron chi connectivity index (χ1n) is 17.1. The zero-order valence-corrected chi connectivity index (χ0v) is 27.3. The molecule has 10 rings (SSSR count). The molecule has 0 radical (unpaired) electrons. The van der Waals surface area contributed by atoms with E-state index in [0.717, 1.165) is 44.6 Å². The smallest absolute Gasteiger partial charge is 0.136 e. The minimum atomic E-state index is 0.885. The van der Waals surface area contributed by atoms with E-state index in [1.165, 1.54) is 49.0 Å². The number of anilines is 3. The van der Waals surface area contributed by atoms with E-state index in [4.69, 9.17) is 4.42 Å². The molecular weight excluding hydrogens is 607 g/mol. The Morgan fingerprint density at radius 1 is 0.320 bits per heavy atom. The molecule has 0 aliphatic carbocycles. The fourth-order valence-electron chi connectivity index (χ4n) is 7.59. The van der Waals surface area contributed by atoms with Crippen LogP contribution in [0.4, 0.5) is 17.1 Å². The molecule has 10 aromatic rings. The van der Waals surface area contributed by atoms with Gasteiger partial charge in [-0.2, -0.15) is 0 Å². The lowest BCUT2D eigenvalue weighted by molar-refractivity contribution is 0.669. The van der Waals surface area contributed by atoms with E-state index in [9.17, 15) is 0 Å². The first-order chi connectivity index (χ1) is 24.8. The topological polar surface area (TPSA) is 16.4 Å². The molecule has 0 saturated heterocycles. The molecule has 1 heterocycles. The van der Waals surface area contributed by atoms with Crippen molar-refractivity contribution in [3.8, 4) is 22.3 Å². The summed E-state index contributed by atoms with van der Waals surface area (Å²) in [4.78, 5) is 2.39. The predicted molar refractivity (Wildman–Crippen MR) is 212 cm³/mol. The Labute approximate surface area is 290 Å². The van der Waals surface area contributed by atoms with Crippen LogP contribution < -0.4 is 4.90 Å². The van der Waals surface area contributed by atoms with Crippen molar-refractivity contribution in [3.05, 3.63) is 188 Å². The van der Waals surface area contributed by atoms with Crippen LogP contribution >= 0.6 is 0 Å². The van der Waals surface area contributed by atoms with Crippen molar-refractivity contribution in [1.82, 2.24) is 0 Å². The van der Waals surface area contributed by atoms with E-state index in [1.807, 2.05) is 0 Å². The summed E-state index contributed by atoms with van der Waals surface area (Å²) < 4.78 is 6.41. The molecule has 2 nitrogen and oxygen atoms in total. The standard InChI is InChI=1S/C48H31NO/c1-2-14-37-30-48-44(29-36(37)13-1)45-31-40(25-26-47(45)50-48)49(46-24-10-16-33-12-4-6-22-43(33)46)39-20-8-18-35(28-39)34-17-7-19-38(27-34)42-23-9-15-32-11-3-5-21-41(32)42/h1-31H. The summed E-state index contributed by atoms with van der Waals surface area (Å²) in [5.74, 6) is 0. The first kappa shape index (κ1) is 28.4. The molecule has 0 saturated carbocycles. The monoisotopic (exact) mass is 637 g/mol. The largest absolute Gasteiger partial charge is 0.456 e. The number of furan rings is 1. The lowest BCUT2D eigenvalue weighted by atomic mass is 9.95. The van der Waals surface area contributed by atoms with Crippen LogP contribution in [-0.4, -0.2) is 0 Å². The molecule has 2 heteroatoms. The van der Waals surface area contributed by atoms with E-state index in [2.05, 4.69) is 193 Å². The lowest BCUT2D eigenvalue weighted by Gasteiger charge is -2.27. The molecule has 1 aromatic heterocycles. The van der Waals surface area contributed by atoms with Crippen LogP contribution in [0.3, 0.4) is 0 Å². The Balaban J connectivity index is 1.15. The average molecular weight is 638 g/mol. The molecule has 9 aromatic carbocycles. The highest BCUT2D eigenvalue weighted by Gasteiger charge is 2.18. The number of benzene rings is 9. The van der Waals surface area contributed by atoms with E-state index < -0.39 is 0 Å². The fraction of sp³-hybridized carbons (Fsp3) is 0. The summed E-state index contributed by atoms with van der Waals surface area (Å²) in [6.07, 6.45) is 0. The van der Waals surface area contributed by atoms with Gasteiger partial charge in [-0.3, -0.25) is 0 Å². The van der Waals surface area contributed by atoms with E-state index in [0.29, 0.717) is 0 Å². The molecule has 0 fully saturated rings. The van der Waals surface area contributed by atoms with Crippen molar-refractivity contribution in [1.29, 1.82) is 0 Å². The summed E-state index contributed by atoms with van der Waals surface area (Å²) >= 11 is 0. The highest BCUT2D eigenvalue weighted by Crippen LogP contribution is 2.43. The molecule has 0 atom stereocenters. The van der Waals surface area contributed by atoms with Gasteiger partial charge in [0.25, 0.3) is 0 Å². The fourth-order valence-corrected chi connectivity index (χ4v) is 7.59. The molecule has 0 unspecified atom stereocenters. The Morgan fingerprint density at radius 3 is 1.74 bits per heavy atom. The maximum atomic E-state index is 6.41. The molecule has 0 aliphatic heterocycles. The normalized spacial score (nSPS) is 11.6. The van der Waals surface area contributed by atoms with Crippen LogP contribution in [0.2, 0.25) is 0 Å². The van der Waals surface area contributed by atoms with Crippen LogP contribution in [0, 0.1) is 0 Å². The quantitative estimate of drug-likeness (QED) is 0.187. The molecular formula is C48H31NO. The number of hydrogen-bond donors (Lipinski definition) is 0. The third kappa shape index (κ3) is 4.73. The van der Waals surface area contributed by atoms with Crippen molar-refractivity contribution in [2.24, 2.45) is 0 Å². The number of rotatable bonds is 5. The summed E-state index contributed by atoms with van der Waals surface area (Å²) in [5.41, 5.74) is 9.87. The second-order valence-electron chi connectivity index (χ2n) is 13.0. The van der Waals surface area contributed by atoms with Gasteiger partial charge in [0.1, 0.15) is 11.2 Å². The van der Waals surface area contributed by atoms with Crippen molar-refractivity contribution < 1.29 is 4.42 Å². The third-order valence-corrected chi connectivity index (χ3v) is 9.99. The van der Waals surface area contributed by atoms with Gasteiger partial charge < -0.3 is 9.32 Å². The highest BCUT2D eigenvalue weighted by molar-refractivity contribution is 6.11. The molecule has 0 amide bonds. The van der Waals surface area contributed by atoms with Crippen LogP contribution in [0.5, 0.6) is 0 Å². The zero-order valence-electron chi connectivity index (χ0n) is 27.3. The Hall–Kier alpha value is -6.64. The van der Waals surface area contributed by atoms with Crippen LogP contribution in [0.15, 0.2) is 192 Å². The predicted octanol–water partition coefficient (Wildman–Crippen LogP) is 13.8. The molecule has 0 bridgehead atoms. The van der Waals surface area contributed by atoms with E-state index in [-0.39, 0.29) is 0 Å². The third-order valence-electron chi connectivity index (χ3n) is 9.99. The highest BCUT2D eigenvalue weighted by atomic mass is 16.3. The van der Waals surface area contributed by atoms with Gasteiger partial charge in [0.15, 0.2) is 0 Å². The van der Waals surface area contributed by atoms with Gasteiger partial charge in [0, 0.05) is 27.5 Å². The second-order valence-corrected chi connectivity index (χ2v) is 13.0. The second kappa shape index (κ2) is 11.5. The number of nitrogens with zero attached hydrogens (tertiary/aromatic N) is 1. The van der Waals surface area contributed by atoms with Crippen molar-refractivity contribution in [2.75, 3.05) is 4.90 Å². The molecule has 50 heavy (non-hydrogen) atoms.